The number of amides is 1. The van der Waals surface area contributed by atoms with Crippen LogP contribution in [0.1, 0.15) is 18.4 Å². The lowest BCUT2D eigenvalue weighted by Gasteiger charge is -2.23. The third-order valence-electron chi connectivity index (χ3n) is 4.26. The first-order valence-electron chi connectivity index (χ1n) is 7.93. The molecule has 1 atom stereocenters. The molecule has 126 valence electrons. The zero-order valence-electron chi connectivity index (χ0n) is 13.5. The number of aryl methyl sites for hydroxylation is 1. The van der Waals surface area contributed by atoms with E-state index in [0.29, 0.717) is 25.1 Å². The first-order valence-corrected chi connectivity index (χ1v) is 9.37. The molecular weight excluding hydrogens is 324 g/mol. The van der Waals surface area contributed by atoms with Gasteiger partial charge in [0.1, 0.15) is 6.04 Å². The molecule has 1 unspecified atom stereocenters. The van der Waals surface area contributed by atoms with Gasteiger partial charge in [0.2, 0.25) is 15.9 Å². The maximum Gasteiger partial charge on any atom is 0.243 e. The summed E-state index contributed by atoms with van der Waals surface area (Å²) in [6, 6.07) is 15.1. The number of rotatable bonds is 4. The molecule has 2 aromatic carbocycles. The monoisotopic (exact) mass is 344 g/mol. The molecule has 1 aliphatic heterocycles. The van der Waals surface area contributed by atoms with Gasteiger partial charge < -0.3 is 5.32 Å². The van der Waals surface area contributed by atoms with Gasteiger partial charge in [0, 0.05) is 12.2 Å². The van der Waals surface area contributed by atoms with Crippen LogP contribution in [-0.4, -0.2) is 31.2 Å². The number of carbonyl (C=O) groups excluding carboxylic acids is 1. The van der Waals surface area contributed by atoms with Crippen LogP contribution >= 0.6 is 0 Å². The minimum atomic E-state index is -3.66. The summed E-state index contributed by atoms with van der Waals surface area (Å²) in [5.41, 5.74) is 1.66. The van der Waals surface area contributed by atoms with E-state index in [1.54, 1.807) is 30.3 Å². The second-order valence-corrected chi connectivity index (χ2v) is 7.78. The van der Waals surface area contributed by atoms with E-state index in [1.807, 2.05) is 31.2 Å². The van der Waals surface area contributed by atoms with Gasteiger partial charge in [-0.05, 0) is 43.5 Å². The SMILES string of the molecule is Cc1ccccc1NC(=O)C1CCCN1S(=O)(=O)c1ccccc1. The molecule has 0 aliphatic carbocycles. The molecule has 0 radical (unpaired) electrons. The Kier molecular flexibility index (Phi) is 4.69. The molecule has 0 aromatic heterocycles. The number of anilines is 1. The van der Waals surface area contributed by atoms with Crippen molar-refractivity contribution in [2.24, 2.45) is 0 Å². The van der Waals surface area contributed by atoms with E-state index in [-0.39, 0.29) is 10.8 Å². The Balaban J connectivity index is 1.83. The summed E-state index contributed by atoms with van der Waals surface area (Å²) in [5.74, 6) is -0.277. The van der Waals surface area contributed by atoms with Crippen molar-refractivity contribution >= 4 is 21.6 Å². The Hall–Kier alpha value is -2.18. The number of nitrogens with one attached hydrogen (secondary N) is 1. The maximum atomic E-state index is 12.8. The molecule has 0 spiro atoms. The zero-order chi connectivity index (χ0) is 17.2. The summed E-state index contributed by atoms with van der Waals surface area (Å²) in [6.07, 6.45) is 1.21. The normalized spacial score (nSPS) is 18.5. The predicted octanol–water partition coefficient (Wildman–Crippen LogP) is 2.79. The third kappa shape index (κ3) is 3.20. The highest BCUT2D eigenvalue weighted by molar-refractivity contribution is 7.89. The van der Waals surface area contributed by atoms with Crippen LogP contribution in [0.2, 0.25) is 0 Å². The van der Waals surface area contributed by atoms with Crippen molar-refractivity contribution < 1.29 is 13.2 Å². The van der Waals surface area contributed by atoms with Crippen LogP contribution in [0.3, 0.4) is 0 Å². The minimum Gasteiger partial charge on any atom is -0.324 e. The molecule has 24 heavy (non-hydrogen) atoms. The summed E-state index contributed by atoms with van der Waals surface area (Å²) in [5, 5.41) is 2.86. The molecule has 3 rings (SSSR count). The van der Waals surface area contributed by atoms with E-state index in [2.05, 4.69) is 5.32 Å². The van der Waals surface area contributed by atoms with Gasteiger partial charge in [0.05, 0.1) is 4.90 Å². The Bertz CT molecular complexity index is 834. The van der Waals surface area contributed by atoms with Crippen molar-refractivity contribution in [1.29, 1.82) is 0 Å². The van der Waals surface area contributed by atoms with E-state index in [4.69, 9.17) is 0 Å². The summed E-state index contributed by atoms with van der Waals surface area (Å²) in [4.78, 5) is 12.9. The minimum absolute atomic E-state index is 0.223. The highest BCUT2D eigenvalue weighted by atomic mass is 32.2. The Morgan fingerprint density at radius 3 is 2.46 bits per heavy atom. The van der Waals surface area contributed by atoms with Gasteiger partial charge in [-0.15, -0.1) is 0 Å². The number of benzene rings is 2. The van der Waals surface area contributed by atoms with Crippen molar-refractivity contribution in [1.82, 2.24) is 4.31 Å². The van der Waals surface area contributed by atoms with Crippen LogP contribution in [-0.2, 0) is 14.8 Å². The lowest BCUT2D eigenvalue weighted by molar-refractivity contribution is -0.119. The van der Waals surface area contributed by atoms with Crippen molar-refractivity contribution in [3.63, 3.8) is 0 Å². The largest absolute Gasteiger partial charge is 0.324 e. The van der Waals surface area contributed by atoms with Crippen molar-refractivity contribution in [2.75, 3.05) is 11.9 Å². The van der Waals surface area contributed by atoms with E-state index in [0.717, 1.165) is 5.56 Å². The van der Waals surface area contributed by atoms with Crippen LogP contribution in [0.15, 0.2) is 59.5 Å². The predicted molar refractivity (Wildman–Crippen MR) is 93.2 cm³/mol. The first kappa shape index (κ1) is 16.7. The molecule has 0 bridgehead atoms. The third-order valence-corrected chi connectivity index (χ3v) is 6.18. The van der Waals surface area contributed by atoms with Gasteiger partial charge in [-0.2, -0.15) is 4.31 Å². The quantitative estimate of drug-likeness (QED) is 0.927. The van der Waals surface area contributed by atoms with Gasteiger partial charge in [-0.25, -0.2) is 8.42 Å². The van der Waals surface area contributed by atoms with E-state index < -0.39 is 16.1 Å². The van der Waals surface area contributed by atoms with Gasteiger partial charge in [-0.1, -0.05) is 36.4 Å². The van der Waals surface area contributed by atoms with E-state index in [9.17, 15) is 13.2 Å². The van der Waals surface area contributed by atoms with Gasteiger partial charge >= 0.3 is 0 Å². The van der Waals surface area contributed by atoms with Gasteiger partial charge in [0.25, 0.3) is 0 Å². The van der Waals surface area contributed by atoms with Gasteiger partial charge in [0.15, 0.2) is 0 Å². The summed E-state index contributed by atoms with van der Waals surface area (Å²) >= 11 is 0. The number of hydrogen-bond donors (Lipinski definition) is 1. The van der Waals surface area contributed by atoms with Crippen LogP contribution < -0.4 is 5.32 Å². The standard InChI is InChI=1S/C18H20N2O3S/c1-14-8-5-6-11-16(14)19-18(21)17-12-7-13-20(17)24(22,23)15-9-3-2-4-10-15/h2-6,8-11,17H,7,12-13H2,1H3,(H,19,21). The summed E-state index contributed by atoms with van der Waals surface area (Å²) in [7, 11) is -3.66. The molecule has 1 amide bonds. The first-order chi connectivity index (χ1) is 11.5. The highest BCUT2D eigenvalue weighted by Crippen LogP contribution is 2.27. The highest BCUT2D eigenvalue weighted by Gasteiger charge is 2.39. The number of hydrogen-bond acceptors (Lipinski definition) is 3. The average molecular weight is 344 g/mol. The van der Waals surface area contributed by atoms with E-state index in [1.165, 1.54) is 4.31 Å². The van der Waals surface area contributed by atoms with Crippen LogP contribution in [0.5, 0.6) is 0 Å². The smallest absolute Gasteiger partial charge is 0.243 e. The van der Waals surface area contributed by atoms with Crippen molar-refractivity contribution in [3.8, 4) is 0 Å². The van der Waals surface area contributed by atoms with Gasteiger partial charge in [-0.3, -0.25) is 4.79 Å². The summed E-state index contributed by atoms with van der Waals surface area (Å²) in [6.45, 7) is 2.27. The molecule has 5 nitrogen and oxygen atoms in total. The Labute approximate surface area is 142 Å². The molecule has 1 saturated heterocycles. The van der Waals surface area contributed by atoms with Crippen LogP contribution in [0.4, 0.5) is 5.69 Å². The molecule has 6 heteroatoms. The van der Waals surface area contributed by atoms with Crippen molar-refractivity contribution in [2.45, 2.75) is 30.7 Å². The molecular formula is C18H20N2O3S. The van der Waals surface area contributed by atoms with Crippen LogP contribution in [0, 0.1) is 6.92 Å². The molecule has 1 N–H and O–H groups in total. The number of carbonyl (C=O) groups is 1. The van der Waals surface area contributed by atoms with Crippen LogP contribution in [0.25, 0.3) is 0 Å². The lowest BCUT2D eigenvalue weighted by Crippen LogP contribution is -2.43. The second kappa shape index (κ2) is 6.75. The number of nitrogens with zero attached hydrogens (tertiary/aromatic N) is 1. The lowest BCUT2D eigenvalue weighted by atomic mass is 10.1. The fourth-order valence-electron chi connectivity index (χ4n) is 2.95. The van der Waals surface area contributed by atoms with Crippen molar-refractivity contribution in [3.05, 3.63) is 60.2 Å². The zero-order valence-corrected chi connectivity index (χ0v) is 14.3. The number of sulfonamides is 1. The Morgan fingerprint density at radius 2 is 1.75 bits per heavy atom. The van der Waals surface area contributed by atoms with E-state index >= 15 is 0 Å². The summed E-state index contributed by atoms with van der Waals surface area (Å²) < 4.78 is 26.9. The molecule has 1 heterocycles. The fourth-order valence-corrected chi connectivity index (χ4v) is 4.62. The molecule has 1 aliphatic rings. The number of para-hydroxylation sites is 1. The molecule has 0 saturated carbocycles. The topological polar surface area (TPSA) is 66.5 Å². The molecule has 1 fully saturated rings. The average Bonchev–Trinajstić information content (AvgIpc) is 3.08. The maximum absolute atomic E-state index is 12.8. The Morgan fingerprint density at radius 1 is 1.08 bits per heavy atom. The second-order valence-electron chi connectivity index (χ2n) is 5.89. The molecule has 2 aromatic rings. The fraction of sp³-hybridized carbons (Fsp3) is 0.278.